The third-order valence-electron chi connectivity index (χ3n) is 1.84. The van der Waals surface area contributed by atoms with Gasteiger partial charge in [-0.3, -0.25) is 9.88 Å². The Morgan fingerprint density at radius 1 is 1.53 bits per heavy atom. The molecule has 0 fully saturated rings. The van der Waals surface area contributed by atoms with E-state index in [1.807, 2.05) is 0 Å². The predicted octanol–water partition coefficient (Wildman–Crippen LogP) is 1.42. The maximum atomic E-state index is 11.6. The summed E-state index contributed by atoms with van der Waals surface area (Å²) in [4.78, 5) is 23.1. The maximum Gasteiger partial charge on any atom is 0.333 e. The monoisotopic (exact) mass is 253 g/mol. The predicted molar refractivity (Wildman–Crippen MR) is 60.2 cm³/mol. The number of nitrogens with one attached hydrogen (secondary N) is 1. The fraction of sp³-hybridized carbons (Fsp3) is 0.111. The first-order chi connectivity index (χ1) is 8.19. The zero-order valence-electron chi connectivity index (χ0n) is 8.79. The molecule has 0 aliphatic rings. The minimum atomic E-state index is -0.438. The summed E-state index contributed by atoms with van der Waals surface area (Å²) in [5.41, 5.74) is 0. The Bertz CT molecular complexity index is 528. The average molecular weight is 254 g/mol. The Kier molecular flexibility index (Phi) is 3.20. The van der Waals surface area contributed by atoms with Crippen molar-refractivity contribution in [2.24, 2.45) is 0 Å². The van der Waals surface area contributed by atoms with Crippen LogP contribution in [0, 0.1) is 0 Å². The first-order valence-corrected chi connectivity index (χ1v) is 4.94. The molecule has 0 aliphatic carbocycles. The number of rotatable bonds is 2. The molecule has 0 aliphatic heterocycles. The van der Waals surface area contributed by atoms with E-state index >= 15 is 0 Å². The van der Waals surface area contributed by atoms with Crippen molar-refractivity contribution in [3.63, 3.8) is 0 Å². The Morgan fingerprint density at radius 3 is 3.00 bits per heavy atom. The van der Waals surface area contributed by atoms with Gasteiger partial charge in [-0.05, 0) is 0 Å². The van der Waals surface area contributed by atoms with E-state index in [0.29, 0.717) is 0 Å². The van der Waals surface area contributed by atoms with Gasteiger partial charge in [0.25, 0.3) is 0 Å². The molecule has 0 spiro atoms. The van der Waals surface area contributed by atoms with E-state index < -0.39 is 6.03 Å². The normalized spacial score (nSPS) is 10.0. The molecule has 2 aromatic rings. The molecule has 0 aromatic carbocycles. The summed E-state index contributed by atoms with van der Waals surface area (Å²) in [6.07, 6.45) is 4.34. The number of halogens is 1. The van der Waals surface area contributed by atoms with Crippen LogP contribution in [-0.2, 0) is 0 Å². The summed E-state index contributed by atoms with van der Waals surface area (Å²) in [6, 6.07) is 1.00. The molecule has 0 saturated heterocycles. The van der Waals surface area contributed by atoms with Crippen molar-refractivity contribution < 1.29 is 9.53 Å². The largest absolute Gasteiger partial charge is 0.481 e. The van der Waals surface area contributed by atoms with Crippen LogP contribution in [0.3, 0.4) is 0 Å². The van der Waals surface area contributed by atoms with Crippen molar-refractivity contribution in [1.82, 2.24) is 19.5 Å². The second kappa shape index (κ2) is 4.79. The SMILES string of the molecule is COc1cc(Cl)nc(NC(=O)n2ccnc2)n1. The second-order valence-corrected chi connectivity index (χ2v) is 3.34. The highest BCUT2D eigenvalue weighted by atomic mass is 35.5. The molecule has 0 atom stereocenters. The second-order valence-electron chi connectivity index (χ2n) is 2.96. The van der Waals surface area contributed by atoms with E-state index in [-0.39, 0.29) is 17.0 Å². The van der Waals surface area contributed by atoms with Gasteiger partial charge >= 0.3 is 6.03 Å². The minimum absolute atomic E-state index is 0.0630. The lowest BCUT2D eigenvalue weighted by molar-refractivity contribution is 0.253. The number of aromatic nitrogens is 4. The van der Waals surface area contributed by atoms with Crippen LogP contribution in [0.15, 0.2) is 24.8 Å². The Hall–Kier alpha value is -2.15. The van der Waals surface area contributed by atoms with Crippen molar-refractivity contribution in [3.8, 4) is 5.88 Å². The molecule has 88 valence electrons. The molecule has 7 nitrogen and oxygen atoms in total. The number of amides is 1. The summed E-state index contributed by atoms with van der Waals surface area (Å²) in [5.74, 6) is 0.332. The number of hydrogen-bond donors (Lipinski definition) is 1. The fourth-order valence-electron chi connectivity index (χ4n) is 1.10. The molecule has 17 heavy (non-hydrogen) atoms. The van der Waals surface area contributed by atoms with E-state index in [0.717, 1.165) is 0 Å². The van der Waals surface area contributed by atoms with E-state index in [1.165, 1.54) is 36.5 Å². The quantitative estimate of drug-likeness (QED) is 0.819. The van der Waals surface area contributed by atoms with E-state index in [4.69, 9.17) is 16.3 Å². The Morgan fingerprint density at radius 2 is 2.35 bits per heavy atom. The highest BCUT2D eigenvalue weighted by Gasteiger charge is 2.08. The van der Waals surface area contributed by atoms with Gasteiger partial charge in [0, 0.05) is 18.5 Å². The molecule has 2 heterocycles. The number of carbonyl (C=O) groups is 1. The maximum absolute atomic E-state index is 11.6. The third-order valence-corrected chi connectivity index (χ3v) is 2.03. The lowest BCUT2D eigenvalue weighted by Gasteiger charge is -2.05. The number of hydrogen-bond acceptors (Lipinski definition) is 5. The van der Waals surface area contributed by atoms with Crippen LogP contribution in [0.5, 0.6) is 5.88 Å². The van der Waals surface area contributed by atoms with Gasteiger partial charge in [0.05, 0.1) is 7.11 Å². The number of nitrogens with zero attached hydrogens (tertiary/aromatic N) is 4. The zero-order valence-corrected chi connectivity index (χ0v) is 9.55. The smallest absolute Gasteiger partial charge is 0.333 e. The van der Waals surface area contributed by atoms with Crippen molar-refractivity contribution in [2.75, 3.05) is 12.4 Å². The number of carbonyl (C=O) groups excluding carboxylic acids is 1. The molecule has 0 radical (unpaired) electrons. The zero-order chi connectivity index (χ0) is 12.3. The van der Waals surface area contributed by atoms with E-state index in [2.05, 4.69) is 20.3 Å². The van der Waals surface area contributed by atoms with E-state index in [1.54, 1.807) is 0 Å². The van der Waals surface area contributed by atoms with Crippen LogP contribution in [0.2, 0.25) is 5.15 Å². The van der Waals surface area contributed by atoms with Gasteiger partial charge in [0.15, 0.2) is 0 Å². The van der Waals surface area contributed by atoms with Crippen LogP contribution >= 0.6 is 11.6 Å². The van der Waals surface area contributed by atoms with Crippen molar-refractivity contribution in [3.05, 3.63) is 29.9 Å². The van der Waals surface area contributed by atoms with Crippen LogP contribution in [-0.4, -0.2) is 32.7 Å². The molecule has 1 N–H and O–H groups in total. The van der Waals surface area contributed by atoms with Crippen LogP contribution in [0.4, 0.5) is 10.7 Å². The third kappa shape index (κ3) is 2.70. The molecule has 0 saturated carbocycles. The van der Waals surface area contributed by atoms with Gasteiger partial charge in [-0.15, -0.1) is 0 Å². The number of methoxy groups -OCH3 is 1. The molecule has 0 unspecified atom stereocenters. The highest BCUT2D eigenvalue weighted by molar-refractivity contribution is 6.29. The first kappa shape index (κ1) is 11.3. The van der Waals surface area contributed by atoms with Crippen molar-refractivity contribution in [2.45, 2.75) is 0 Å². The van der Waals surface area contributed by atoms with Gasteiger partial charge in [-0.2, -0.15) is 4.98 Å². The summed E-state index contributed by atoms with van der Waals surface area (Å²) >= 11 is 5.74. The molecule has 0 bridgehead atoms. The molecule has 2 rings (SSSR count). The van der Waals surface area contributed by atoms with Gasteiger partial charge in [-0.1, -0.05) is 11.6 Å². The molecule has 8 heteroatoms. The summed E-state index contributed by atoms with van der Waals surface area (Å²) in [5, 5.41) is 2.64. The van der Waals surface area contributed by atoms with Gasteiger partial charge < -0.3 is 4.74 Å². The average Bonchev–Trinajstić information content (AvgIpc) is 2.81. The van der Waals surface area contributed by atoms with Crippen LogP contribution in [0.25, 0.3) is 0 Å². The van der Waals surface area contributed by atoms with Crippen molar-refractivity contribution >= 4 is 23.6 Å². The molecular formula is C9H8ClN5O2. The fourth-order valence-corrected chi connectivity index (χ4v) is 1.27. The van der Waals surface area contributed by atoms with Gasteiger partial charge in [0.2, 0.25) is 11.8 Å². The van der Waals surface area contributed by atoms with Crippen molar-refractivity contribution in [1.29, 1.82) is 0 Å². The van der Waals surface area contributed by atoms with E-state index in [9.17, 15) is 4.79 Å². The standard InChI is InChI=1S/C9H8ClN5O2/c1-17-7-4-6(10)12-8(13-7)14-9(16)15-3-2-11-5-15/h2-5H,1H3,(H,12,13,14,16). The van der Waals surface area contributed by atoms with Gasteiger partial charge in [0.1, 0.15) is 11.5 Å². The number of imidazole rings is 1. The lowest BCUT2D eigenvalue weighted by atomic mass is 10.6. The minimum Gasteiger partial charge on any atom is -0.481 e. The lowest BCUT2D eigenvalue weighted by Crippen LogP contribution is -2.19. The molecular weight excluding hydrogens is 246 g/mol. The van der Waals surface area contributed by atoms with Crippen LogP contribution in [0.1, 0.15) is 0 Å². The highest BCUT2D eigenvalue weighted by Crippen LogP contribution is 2.15. The first-order valence-electron chi connectivity index (χ1n) is 4.57. The summed E-state index contributed by atoms with van der Waals surface area (Å²) < 4.78 is 6.15. The number of ether oxygens (including phenoxy) is 1. The molecule has 2 aromatic heterocycles. The van der Waals surface area contributed by atoms with Gasteiger partial charge in [-0.25, -0.2) is 14.8 Å². The summed E-state index contributed by atoms with van der Waals surface area (Å²) in [6.45, 7) is 0. The summed E-state index contributed by atoms with van der Waals surface area (Å²) in [7, 11) is 1.44. The number of anilines is 1. The topological polar surface area (TPSA) is 81.9 Å². The Balaban J connectivity index is 2.18. The molecule has 1 amide bonds. The Labute approximate surface area is 101 Å². The van der Waals surface area contributed by atoms with Crippen LogP contribution < -0.4 is 10.1 Å².